The highest BCUT2D eigenvalue weighted by atomic mass is 35.5. The lowest BCUT2D eigenvalue weighted by molar-refractivity contribution is -0.698. The van der Waals surface area contributed by atoms with Gasteiger partial charge in [-0.05, 0) is 37.8 Å². The van der Waals surface area contributed by atoms with E-state index in [4.69, 9.17) is 24.4 Å². The SMILES string of the molecule is OCCCc1ccc[n+](CCOCCOCCOCC[n+]2cccc(CCCO)c2)c1.[Cl-].[Cl-]. The molecule has 2 aromatic rings. The lowest BCUT2D eigenvalue weighted by atomic mass is 10.2. The average molecular weight is 505 g/mol. The number of pyridine rings is 2. The van der Waals surface area contributed by atoms with Crippen molar-refractivity contribution in [2.75, 3.05) is 52.9 Å². The molecule has 7 nitrogen and oxygen atoms in total. The predicted octanol–water partition coefficient (Wildman–Crippen LogP) is -5.13. The van der Waals surface area contributed by atoms with Gasteiger partial charge < -0.3 is 49.2 Å². The lowest BCUT2D eigenvalue weighted by Gasteiger charge is -2.06. The van der Waals surface area contributed by atoms with Crippen LogP contribution in [0.1, 0.15) is 24.0 Å². The van der Waals surface area contributed by atoms with E-state index in [1.807, 2.05) is 24.5 Å². The predicted molar refractivity (Wildman–Crippen MR) is 117 cm³/mol. The number of halogens is 2. The molecule has 0 bridgehead atoms. The molecule has 0 saturated heterocycles. The molecule has 33 heavy (non-hydrogen) atoms. The van der Waals surface area contributed by atoms with Crippen molar-refractivity contribution in [3.63, 3.8) is 0 Å². The molecule has 0 amide bonds. The highest BCUT2D eigenvalue weighted by molar-refractivity contribution is 5.05. The van der Waals surface area contributed by atoms with Crippen molar-refractivity contribution in [3.8, 4) is 0 Å². The quantitative estimate of drug-likeness (QED) is 0.157. The van der Waals surface area contributed by atoms with Gasteiger partial charge in [-0.2, -0.15) is 0 Å². The highest BCUT2D eigenvalue weighted by Gasteiger charge is 2.04. The van der Waals surface area contributed by atoms with Gasteiger partial charge in [0, 0.05) is 36.5 Å². The van der Waals surface area contributed by atoms with E-state index in [-0.39, 0.29) is 38.0 Å². The van der Waals surface area contributed by atoms with Gasteiger partial charge in [-0.1, -0.05) is 0 Å². The summed E-state index contributed by atoms with van der Waals surface area (Å²) in [4.78, 5) is 0. The summed E-state index contributed by atoms with van der Waals surface area (Å²) in [5, 5.41) is 17.9. The summed E-state index contributed by atoms with van der Waals surface area (Å²) >= 11 is 0. The van der Waals surface area contributed by atoms with Gasteiger partial charge in [-0.25, -0.2) is 9.13 Å². The summed E-state index contributed by atoms with van der Waals surface area (Å²) in [6.45, 7) is 5.60. The number of aromatic nitrogens is 2. The summed E-state index contributed by atoms with van der Waals surface area (Å²) in [7, 11) is 0. The zero-order valence-electron chi connectivity index (χ0n) is 19.3. The molecule has 0 radical (unpaired) electrons. The Morgan fingerprint density at radius 2 is 1.00 bits per heavy atom. The van der Waals surface area contributed by atoms with Crippen molar-refractivity contribution >= 4 is 0 Å². The number of nitrogens with zero attached hydrogens (tertiary/aromatic N) is 2. The maximum atomic E-state index is 8.93. The van der Waals surface area contributed by atoms with Crippen molar-refractivity contribution < 1.29 is 58.4 Å². The molecule has 0 aliphatic heterocycles. The van der Waals surface area contributed by atoms with Gasteiger partial charge in [0.1, 0.15) is 13.2 Å². The summed E-state index contributed by atoms with van der Waals surface area (Å²) in [5.74, 6) is 0. The van der Waals surface area contributed by atoms with Crippen molar-refractivity contribution in [1.29, 1.82) is 0 Å². The van der Waals surface area contributed by atoms with Crippen LogP contribution in [0.15, 0.2) is 49.1 Å². The van der Waals surface area contributed by atoms with E-state index >= 15 is 0 Å². The molecule has 0 atom stereocenters. The van der Waals surface area contributed by atoms with Crippen LogP contribution >= 0.6 is 0 Å². The van der Waals surface area contributed by atoms with Gasteiger partial charge in [0.25, 0.3) is 0 Å². The number of hydrogen-bond acceptors (Lipinski definition) is 5. The van der Waals surface area contributed by atoms with Crippen LogP contribution in [0.25, 0.3) is 0 Å². The number of aryl methyl sites for hydroxylation is 2. The monoisotopic (exact) mass is 504 g/mol. The zero-order chi connectivity index (χ0) is 22.0. The summed E-state index contributed by atoms with van der Waals surface area (Å²) < 4.78 is 21.1. The largest absolute Gasteiger partial charge is 1.00 e. The number of rotatable bonds is 18. The molecule has 0 spiro atoms. The van der Waals surface area contributed by atoms with E-state index in [1.165, 1.54) is 11.1 Å². The van der Waals surface area contributed by atoms with Crippen LogP contribution in [0, 0.1) is 0 Å². The van der Waals surface area contributed by atoms with Crippen molar-refractivity contribution in [2.24, 2.45) is 0 Å². The first-order chi connectivity index (χ1) is 15.3. The minimum atomic E-state index is 0. The van der Waals surface area contributed by atoms with Gasteiger partial charge >= 0.3 is 0 Å². The third-order valence-electron chi connectivity index (χ3n) is 4.82. The van der Waals surface area contributed by atoms with Crippen LogP contribution in [0.5, 0.6) is 0 Å². The topological polar surface area (TPSA) is 75.9 Å². The minimum absolute atomic E-state index is 0. The van der Waals surface area contributed by atoms with Crippen molar-refractivity contribution in [3.05, 3.63) is 60.2 Å². The Morgan fingerprint density at radius 3 is 1.39 bits per heavy atom. The van der Waals surface area contributed by atoms with Crippen LogP contribution in [-0.2, 0) is 40.1 Å². The van der Waals surface area contributed by atoms with Gasteiger partial charge in [-0.15, -0.1) is 0 Å². The molecule has 0 aromatic carbocycles. The van der Waals surface area contributed by atoms with E-state index in [9.17, 15) is 0 Å². The smallest absolute Gasteiger partial charge is 0.172 e. The molecular weight excluding hydrogens is 467 g/mol. The molecule has 0 saturated carbocycles. The summed E-state index contributed by atoms with van der Waals surface area (Å²) in [6.07, 6.45) is 11.6. The average Bonchev–Trinajstić information content (AvgIpc) is 2.80. The van der Waals surface area contributed by atoms with E-state index in [2.05, 4.69) is 33.7 Å². The number of aliphatic hydroxyl groups is 2. The molecule has 0 aliphatic rings. The van der Waals surface area contributed by atoms with Gasteiger partial charge in [-0.3, -0.25) is 0 Å². The van der Waals surface area contributed by atoms with Crippen molar-refractivity contribution in [2.45, 2.75) is 38.8 Å². The molecule has 0 unspecified atom stereocenters. The Hall–Kier alpha value is -1.32. The molecule has 0 fully saturated rings. The van der Waals surface area contributed by atoms with Gasteiger partial charge in [0.2, 0.25) is 0 Å². The molecule has 2 aromatic heterocycles. The normalized spacial score (nSPS) is 10.5. The number of hydrogen-bond donors (Lipinski definition) is 2. The molecule has 2 N–H and O–H groups in total. The second-order valence-electron chi connectivity index (χ2n) is 7.39. The van der Waals surface area contributed by atoms with E-state index in [0.29, 0.717) is 39.6 Å². The fourth-order valence-corrected chi connectivity index (χ4v) is 3.17. The third-order valence-corrected chi connectivity index (χ3v) is 4.82. The zero-order valence-corrected chi connectivity index (χ0v) is 20.8. The van der Waals surface area contributed by atoms with Crippen LogP contribution in [0.2, 0.25) is 0 Å². The van der Waals surface area contributed by atoms with Gasteiger partial charge in [0.05, 0.1) is 26.4 Å². The Labute approximate surface area is 210 Å². The standard InChI is InChI=1S/C24H38N2O5.2ClH/c27-13-3-7-23-5-1-9-25(21-23)11-15-29-17-19-31-20-18-30-16-12-26-10-2-6-24(22-26)8-4-14-28;;/h1-2,5-6,9-10,21-22,27-28H,3-4,7-8,11-20H2;2*1H/q+2;;/p-2. The fourth-order valence-electron chi connectivity index (χ4n) is 3.17. The number of aliphatic hydroxyl groups excluding tert-OH is 2. The van der Waals surface area contributed by atoms with Crippen LogP contribution in [0.4, 0.5) is 0 Å². The molecule has 2 heterocycles. The first kappa shape index (κ1) is 31.7. The Kier molecular flexibility index (Phi) is 20.4. The Bertz CT molecular complexity index is 665. The van der Waals surface area contributed by atoms with Gasteiger partial charge in [0.15, 0.2) is 37.9 Å². The second-order valence-corrected chi connectivity index (χ2v) is 7.39. The molecule has 188 valence electrons. The first-order valence-corrected chi connectivity index (χ1v) is 11.2. The molecule has 2 rings (SSSR count). The van der Waals surface area contributed by atoms with Crippen LogP contribution in [-0.4, -0.2) is 63.1 Å². The molecular formula is C24H38Cl2N2O5. The number of ether oxygens (including phenoxy) is 3. The Balaban J connectivity index is 0.00000512. The lowest BCUT2D eigenvalue weighted by Crippen LogP contribution is -3.00. The molecule has 0 aliphatic carbocycles. The highest BCUT2D eigenvalue weighted by Crippen LogP contribution is 1.99. The van der Waals surface area contributed by atoms with E-state index in [1.54, 1.807) is 0 Å². The molecule has 9 heteroatoms. The Morgan fingerprint density at radius 1 is 0.606 bits per heavy atom. The van der Waals surface area contributed by atoms with Crippen molar-refractivity contribution in [1.82, 2.24) is 0 Å². The summed E-state index contributed by atoms with van der Waals surface area (Å²) in [6, 6.07) is 8.22. The second kappa shape index (κ2) is 21.2. The maximum absolute atomic E-state index is 8.93. The van der Waals surface area contributed by atoms with Crippen LogP contribution in [0.3, 0.4) is 0 Å². The maximum Gasteiger partial charge on any atom is 0.172 e. The third kappa shape index (κ3) is 15.2. The van der Waals surface area contributed by atoms with Crippen LogP contribution < -0.4 is 33.9 Å². The fraction of sp³-hybridized carbons (Fsp3) is 0.583. The van der Waals surface area contributed by atoms with E-state index in [0.717, 1.165) is 38.8 Å². The minimum Gasteiger partial charge on any atom is -1.00 e. The summed E-state index contributed by atoms with van der Waals surface area (Å²) in [5.41, 5.74) is 2.46. The van der Waals surface area contributed by atoms with E-state index < -0.39 is 0 Å². The first-order valence-electron chi connectivity index (χ1n) is 11.2.